The fourth-order valence-electron chi connectivity index (χ4n) is 0.372. The number of carbonyl (C=O) groups excluding carboxylic acids is 2. The number of nitrogens with zero attached hydrogens (tertiary/aromatic N) is 1. The molecule has 7 heteroatoms. The van der Waals surface area contributed by atoms with Crippen molar-refractivity contribution in [3.63, 3.8) is 0 Å². The van der Waals surface area contributed by atoms with Gasteiger partial charge in [0.05, 0.1) is 0 Å². The molecule has 0 unspecified atom stereocenters. The van der Waals surface area contributed by atoms with Crippen LogP contribution in [-0.2, 0) is 0 Å². The van der Waals surface area contributed by atoms with E-state index in [1.807, 2.05) is 26.0 Å². The third-order valence-corrected chi connectivity index (χ3v) is 0.965. The van der Waals surface area contributed by atoms with E-state index >= 15 is 0 Å². The molecular weight excluding hydrogens is 246 g/mol. The standard InChI is InChI=1S/C5H11NOS.C3H9N.CH3NOS/c1-2-3-4-6-5(7)8;1-4(2)3;2-1(3)4/h2-4H2,1H3,(H2,6,7,8);1-3H3;(H3,2,3,4). The average molecular weight is 269 g/mol. The number of nitrogens with one attached hydrogen (secondary N) is 1. The Morgan fingerprint density at radius 1 is 1.25 bits per heavy atom. The van der Waals surface area contributed by atoms with Gasteiger partial charge in [-0.05, 0) is 27.6 Å². The second kappa shape index (κ2) is 17.0. The van der Waals surface area contributed by atoms with Crippen LogP contribution in [0.3, 0.4) is 0 Å². The van der Waals surface area contributed by atoms with E-state index in [1.165, 1.54) is 0 Å². The monoisotopic (exact) mass is 269 g/mol. The van der Waals surface area contributed by atoms with Gasteiger partial charge in [-0.3, -0.25) is 9.59 Å². The molecule has 0 heterocycles. The lowest BCUT2D eigenvalue weighted by Crippen LogP contribution is -2.17. The first-order valence-electron chi connectivity index (χ1n) is 4.80. The van der Waals surface area contributed by atoms with Gasteiger partial charge in [-0.2, -0.15) is 0 Å². The summed E-state index contributed by atoms with van der Waals surface area (Å²) >= 11 is 6.63. The van der Waals surface area contributed by atoms with Crippen molar-refractivity contribution in [3.05, 3.63) is 0 Å². The first-order valence-corrected chi connectivity index (χ1v) is 5.69. The van der Waals surface area contributed by atoms with Crippen molar-refractivity contribution in [1.82, 2.24) is 10.2 Å². The third-order valence-electron chi connectivity index (χ3n) is 0.807. The summed E-state index contributed by atoms with van der Waals surface area (Å²) in [6.45, 7) is 2.82. The van der Waals surface area contributed by atoms with E-state index in [-0.39, 0.29) is 5.24 Å². The maximum atomic E-state index is 10.1. The summed E-state index contributed by atoms with van der Waals surface area (Å²) in [7, 11) is 6.00. The molecule has 0 atom stereocenters. The smallest absolute Gasteiger partial charge is 0.275 e. The molecule has 2 amide bonds. The van der Waals surface area contributed by atoms with Crippen molar-refractivity contribution in [2.45, 2.75) is 19.8 Å². The van der Waals surface area contributed by atoms with Crippen LogP contribution in [0.25, 0.3) is 0 Å². The fraction of sp³-hybridized carbons (Fsp3) is 0.778. The van der Waals surface area contributed by atoms with Gasteiger partial charge in [-0.25, -0.2) is 0 Å². The molecule has 0 aromatic rings. The molecule has 0 saturated heterocycles. The molecule has 98 valence electrons. The zero-order chi connectivity index (χ0) is 13.6. The predicted octanol–water partition coefficient (Wildman–Crippen LogP) is 1.60. The van der Waals surface area contributed by atoms with Gasteiger partial charge in [0.2, 0.25) is 0 Å². The van der Waals surface area contributed by atoms with Crippen LogP contribution >= 0.6 is 25.3 Å². The van der Waals surface area contributed by atoms with Gasteiger partial charge in [-0.1, -0.05) is 38.6 Å². The molecule has 0 aromatic heterocycles. The number of amides is 2. The second-order valence-electron chi connectivity index (χ2n) is 3.27. The van der Waals surface area contributed by atoms with Crippen LogP contribution in [-0.4, -0.2) is 43.1 Å². The average Bonchev–Trinajstić information content (AvgIpc) is 2.01. The molecular formula is C9H23N3O2S2. The number of unbranched alkanes of at least 4 members (excludes halogenated alkanes) is 1. The van der Waals surface area contributed by atoms with Crippen molar-refractivity contribution >= 4 is 35.7 Å². The maximum absolute atomic E-state index is 10.1. The van der Waals surface area contributed by atoms with E-state index in [9.17, 15) is 4.79 Å². The summed E-state index contributed by atoms with van der Waals surface area (Å²) < 4.78 is 0. The SMILES string of the molecule is CCCCNC(=O)S.CN(C)C.NC(=O)S. The minimum Gasteiger partial charge on any atom is -0.361 e. The lowest BCUT2D eigenvalue weighted by Gasteiger charge is -1.95. The van der Waals surface area contributed by atoms with Crippen LogP contribution in [0.15, 0.2) is 0 Å². The normalized spacial score (nSPS) is 8.19. The maximum Gasteiger partial charge on any atom is 0.275 e. The minimum atomic E-state index is -0.639. The van der Waals surface area contributed by atoms with Gasteiger partial charge < -0.3 is 16.0 Å². The Balaban J connectivity index is -0.000000179. The quantitative estimate of drug-likeness (QED) is 0.464. The predicted molar refractivity (Wildman–Crippen MR) is 75.5 cm³/mol. The Morgan fingerprint density at radius 3 is 1.75 bits per heavy atom. The highest BCUT2D eigenvalue weighted by molar-refractivity contribution is 7.96. The van der Waals surface area contributed by atoms with Crippen molar-refractivity contribution in [1.29, 1.82) is 0 Å². The summed E-state index contributed by atoms with van der Waals surface area (Å²) in [6.07, 6.45) is 2.14. The fourth-order valence-corrected chi connectivity index (χ4v) is 0.484. The van der Waals surface area contributed by atoms with Gasteiger partial charge in [-0.15, -0.1) is 0 Å². The molecule has 0 spiro atoms. The summed E-state index contributed by atoms with van der Waals surface area (Å²) in [4.78, 5) is 21.2. The Labute approximate surface area is 109 Å². The van der Waals surface area contributed by atoms with E-state index in [2.05, 4.69) is 43.2 Å². The Hall–Kier alpha value is -0.400. The number of thiol groups is 2. The van der Waals surface area contributed by atoms with E-state index in [1.54, 1.807) is 0 Å². The number of carbonyl (C=O) groups is 2. The molecule has 0 bridgehead atoms. The highest BCUT2D eigenvalue weighted by atomic mass is 32.1. The van der Waals surface area contributed by atoms with Crippen LogP contribution in [0.1, 0.15) is 19.8 Å². The molecule has 0 aliphatic heterocycles. The zero-order valence-electron chi connectivity index (χ0n) is 10.4. The highest BCUT2D eigenvalue weighted by Gasteiger charge is 1.86. The zero-order valence-corrected chi connectivity index (χ0v) is 12.1. The second-order valence-corrected chi connectivity index (χ2v) is 4.11. The summed E-state index contributed by atoms with van der Waals surface area (Å²) in [5.74, 6) is 0. The van der Waals surface area contributed by atoms with E-state index < -0.39 is 5.24 Å². The van der Waals surface area contributed by atoms with Crippen LogP contribution in [0.2, 0.25) is 0 Å². The van der Waals surface area contributed by atoms with Crippen molar-refractivity contribution in [3.8, 4) is 0 Å². The van der Waals surface area contributed by atoms with Gasteiger partial charge in [0.15, 0.2) is 0 Å². The van der Waals surface area contributed by atoms with E-state index in [0.717, 1.165) is 19.4 Å². The molecule has 3 N–H and O–H groups in total. The lowest BCUT2D eigenvalue weighted by molar-refractivity contribution is 0.261. The van der Waals surface area contributed by atoms with Crippen molar-refractivity contribution < 1.29 is 9.59 Å². The Morgan fingerprint density at radius 2 is 1.56 bits per heavy atom. The summed E-state index contributed by atoms with van der Waals surface area (Å²) in [5.41, 5.74) is 4.34. The molecule has 0 saturated carbocycles. The van der Waals surface area contributed by atoms with Crippen LogP contribution in [0.4, 0.5) is 9.59 Å². The van der Waals surface area contributed by atoms with Gasteiger partial charge in [0.1, 0.15) is 0 Å². The first kappa shape index (κ1) is 20.9. The number of nitrogens with two attached hydrogens (primary N) is 1. The number of rotatable bonds is 3. The Bertz CT molecular complexity index is 171. The van der Waals surface area contributed by atoms with Gasteiger partial charge in [0.25, 0.3) is 10.5 Å². The molecule has 0 radical (unpaired) electrons. The van der Waals surface area contributed by atoms with E-state index in [4.69, 9.17) is 4.79 Å². The van der Waals surface area contributed by atoms with Crippen molar-refractivity contribution in [2.24, 2.45) is 5.73 Å². The van der Waals surface area contributed by atoms with Gasteiger partial charge >= 0.3 is 0 Å². The van der Waals surface area contributed by atoms with Crippen LogP contribution < -0.4 is 11.1 Å². The third kappa shape index (κ3) is 102. The van der Waals surface area contributed by atoms with E-state index in [0.29, 0.717) is 0 Å². The Kier molecular flexibility index (Phi) is 22.3. The largest absolute Gasteiger partial charge is 0.361 e. The summed E-state index contributed by atoms with van der Waals surface area (Å²) in [5, 5.41) is 1.70. The van der Waals surface area contributed by atoms with Gasteiger partial charge in [0, 0.05) is 6.54 Å². The number of primary amides is 1. The highest BCUT2D eigenvalue weighted by Crippen LogP contribution is 1.83. The molecule has 5 nitrogen and oxygen atoms in total. The van der Waals surface area contributed by atoms with Crippen LogP contribution in [0.5, 0.6) is 0 Å². The molecule has 0 fully saturated rings. The number of hydrogen-bond acceptors (Lipinski definition) is 3. The molecule has 16 heavy (non-hydrogen) atoms. The topological polar surface area (TPSA) is 75.4 Å². The lowest BCUT2D eigenvalue weighted by atomic mass is 10.3. The summed E-state index contributed by atoms with van der Waals surface area (Å²) in [6, 6.07) is 0. The number of hydrogen-bond donors (Lipinski definition) is 4. The van der Waals surface area contributed by atoms with Crippen LogP contribution in [0, 0.1) is 0 Å². The molecule has 0 rings (SSSR count). The molecule has 0 aliphatic carbocycles. The first-order chi connectivity index (χ1) is 7.23. The minimum absolute atomic E-state index is 0.238. The molecule has 0 aliphatic rings. The van der Waals surface area contributed by atoms with Crippen molar-refractivity contribution in [2.75, 3.05) is 27.7 Å². The molecule has 0 aromatic carbocycles.